The lowest BCUT2D eigenvalue weighted by molar-refractivity contribution is 0.00183. The third kappa shape index (κ3) is 3.55. The van der Waals surface area contributed by atoms with Gasteiger partial charge in [0.15, 0.2) is 0 Å². The molecule has 2 amide bonds. The molecule has 0 aliphatic carbocycles. The fourth-order valence-electron chi connectivity index (χ4n) is 3.84. The van der Waals surface area contributed by atoms with Crippen molar-refractivity contribution in [2.75, 3.05) is 60.0 Å². The van der Waals surface area contributed by atoms with E-state index in [1.54, 1.807) is 19.0 Å². The van der Waals surface area contributed by atoms with Gasteiger partial charge in [-0.05, 0) is 32.4 Å². The summed E-state index contributed by atoms with van der Waals surface area (Å²) in [6.45, 7) is 6.43. The second kappa shape index (κ2) is 6.72. The van der Waals surface area contributed by atoms with E-state index in [1.165, 1.54) is 25.9 Å². The highest BCUT2D eigenvalue weighted by Crippen LogP contribution is 2.36. The van der Waals surface area contributed by atoms with Gasteiger partial charge in [0, 0.05) is 33.6 Å². The molecule has 1 spiro atoms. The average Bonchev–Trinajstić information content (AvgIpc) is 3.21. The summed E-state index contributed by atoms with van der Waals surface area (Å²) in [5, 5.41) is 0. The van der Waals surface area contributed by atoms with Crippen molar-refractivity contribution in [3.05, 3.63) is 0 Å². The van der Waals surface area contributed by atoms with Crippen LogP contribution in [0.3, 0.4) is 0 Å². The minimum atomic E-state index is -0.163. The number of carbonyl (C=O) groups excluding carboxylic acids is 1. The summed E-state index contributed by atoms with van der Waals surface area (Å²) in [6.07, 6.45) is 4.69. The van der Waals surface area contributed by atoms with E-state index in [1.807, 2.05) is 4.90 Å². The first-order valence-corrected chi connectivity index (χ1v) is 8.52. The lowest BCUT2D eigenvalue weighted by Crippen LogP contribution is -2.41. The number of likely N-dealkylation sites (tertiary alicyclic amines) is 2. The zero-order chi connectivity index (χ0) is 15.6. The molecular formula is C16H29N3O3. The molecule has 3 heterocycles. The Morgan fingerprint density at radius 1 is 1.32 bits per heavy atom. The highest BCUT2D eigenvalue weighted by Gasteiger charge is 2.47. The van der Waals surface area contributed by atoms with Crippen LogP contribution in [0.5, 0.6) is 0 Å². The molecule has 22 heavy (non-hydrogen) atoms. The maximum atomic E-state index is 12.0. The van der Waals surface area contributed by atoms with Gasteiger partial charge in [-0.25, -0.2) is 4.79 Å². The zero-order valence-electron chi connectivity index (χ0n) is 13.9. The molecule has 0 bridgehead atoms. The van der Waals surface area contributed by atoms with Crippen molar-refractivity contribution in [3.63, 3.8) is 0 Å². The molecule has 0 unspecified atom stereocenters. The van der Waals surface area contributed by atoms with Crippen LogP contribution in [0, 0.1) is 0 Å². The third-order valence-electron chi connectivity index (χ3n) is 5.10. The van der Waals surface area contributed by atoms with Crippen LogP contribution in [0.15, 0.2) is 0 Å². The quantitative estimate of drug-likeness (QED) is 0.777. The predicted octanol–water partition coefficient (Wildman–Crippen LogP) is 1.01. The highest BCUT2D eigenvalue weighted by atomic mass is 16.6. The Hall–Kier alpha value is -0.850. The summed E-state index contributed by atoms with van der Waals surface area (Å²) in [4.78, 5) is 18.0. The largest absolute Gasteiger partial charge is 0.374 e. The topological polar surface area (TPSA) is 45.2 Å². The maximum absolute atomic E-state index is 12.0. The molecule has 3 aliphatic rings. The second-order valence-corrected chi connectivity index (χ2v) is 7.09. The number of ether oxygens (including phenoxy) is 2. The van der Waals surface area contributed by atoms with Crippen molar-refractivity contribution in [2.24, 2.45) is 0 Å². The number of urea groups is 1. The average molecular weight is 311 g/mol. The molecule has 3 rings (SSSR count). The molecular weight excluding hydrogens is 282 g/mol. The molecule has 0 radical (unpaired) electrons. The Balaban J connectivity index is 1.41. The van der Waals surface area contributed by atoms with Crippen molar-refractivity contribution in [3.8, 4) is 0 Å². The first-order valence-electron chi connectivity index (χ1n) is 8.52. The Bertz CT molecular complexity index is 398. The second-order valence-electron chi connectivity index (χ2n) is 7.09. The molecule has 0 saturated carbocycles. The molecule has 0 aromatic carbocycles. The number of nitrogens with zero attached hydrogens (tertiary/aromatic N) is 3. The van der Waals surface area contributed by atoms with Gasteiger partial charge in [-0.3, -0.25) is 0 Å². The summed E-state index contributed by atoms with van der Waals surface area (Å²) in [6, 6.07) is 0.0823. The lowest BCUT2D eigenvalue weighted by atomic mass is 9.98. The van der Waals surface area contributed by atoms with E-state index in [0.29, 0.717) is 13.2 Å². The molecule has 6 nitrogen and oxygen atoms in total. The van der Waals surface area contributed by atoms with Gasteiger partial charge in [0.25, 0.3) is 0 Å². The van der Waals surface area contributed by atoms with Crippen LogP contribution >= 0.6 is 0 Å². The smallest absolute Gasteiger partial charge is 0.319 e. The number of amides is 2. The minimum absolute atomic E-state index is 0.0823. The zero-order valence-corrected chi connectivity index (χ0v) is 13.9. The molecule has 2 atom stereocenters. The van der Waals surface area contributed by atoms with E-state index < -0.39 is 0 Å². The third-order valence-corrected chi connectivity index (χ3v) is 5.10. The van der Waals surface area contributed by atoms with Crippen LogP contribution in [-0.4, -0.2) is 92.5 Å². The van der Waals surface area contributed by atoms with Gasteiger partial charge in [0.05, 0.1) is 31.5 Å². The van der Waals surface area contributed by atoms with E-state index in [9.17, 15) is 4.79 Å². The number of rotatable bonds is 4. The van der Waals surface area contributed by atoms with Crippen molar-refractivity contribution in [2.45, 2.75) is 37.4 Å². The SMILES string of the molecule is CN(C)C(=O)N1CC[C@]2(C[C@H](OCCN3CCCC3)CO2)C1. The first-order chi connectivity index (χ1) is 10.6. The van der Waals surface area contributed by atoms with E-state index in [-0.39, 0.29) is 17.7 Å². The monoisotopic (exact) mass is 311 g/mol. The Labute approximate surface area is 133 Å². The molecule has 3 saturated heterocycles. The highest BCUT2D eigenvalue weighted by molar-refractivity contribution is 5.74. The van der Waals surface area contributed by atoms with E-state index in [0.717, 1.165) is 32.5 Å². The van der Waals surface area contributed by atoms with Gasteiger partial charge >= 0.3 is 6.03 Å². The van der Waals surface area contributed by atoms with Crippen LogP contribution in [0.1, 0.15) is 25.7 Å². The molecule has 0 N–H and O–H groups in total. The summed E-state index contributed by atoms with van der Waals surface area (Å²) < 4.78 is 12.1. The van der Waals surface area contributed by atoms with Crippen molar-refractivity contribution < 1.29 is 14.3 Å². The molecule has 3 fully saturated rings. The lowest BCUT2D eigenvalue weighted by Gasteiger charge is -2.25. The van der Waals surface area contributed by atoms with Gasteiger partial charge < -0.3 is 24.2 Å². The van der Waals surface area contributed by atoms with Gasteiger partial charge in [0.2, 0.25) is 0 Å². The normalized spacial score (nSPS) is 32.3. The van der Waals surface area contributed by atoms with Gasteiger partial charge in [-0.2, -0.15) is 0 Å². The van der Waals surface area contributed by atoms with Crippen LogP contribution in [0.25, 0.3) is 0 Å². The van der Waals surface area contributed by atoms with E-state index in [2.05, 4.69) is 4.90 Å². The van der Waals surface area contributed by atoms with Crippen LogP contribution in [-0.2, 0) is 9.47 Å². The molecule has 0 aromatic rings. The van der Waals surface area contributed by atoms with Crippen molar-refractivity contribution >= 4 is 6.03 Å². The van der Waals surface area contributed by atoms with Crippen molar-refractivity contribution in [1.29, 1.82) is 0 Å². The standard InChI is InChI=1S/C16H29N3O3/c1-17(2)15(20)19-8-5-16(13-19)11-14(12-22-16)21-10-9-18-6-3-4-7-18/h14H,3-13H2,1-2H3/t14-,16-/m0/s1. The maximum Gasteiger partial charge on any atom is 0.319 e. The van der Waals surface area contributed by atoms with Gasteiger partial charge in [0.1, 0.15) is 0 Å². The minimum Gasteiger partial charge on any atom is -0.374 e. The predicted molar refractivity (Wildman–Crippen MR) is 84.0 cm³/mol. The number of hydrogen-bond acceptors (Lipinski definition) is 4. The molecule has 6 heteroatoms. The molecule has 0 aromatic heterocycles. The van der Waals surface area contributed by atoms with Gasteiger partial charge in [-0.15, -0.1) is 0 Å². The Morgan fingerprint density at radius 3 is 2.82 bits per heavy atom. The molecule has 3 aliphatic heterocycles. The first kappa shape index (κ1) is 16.0. The Kier molecular flexibility index (Phi) is 4.90. The van der Waals surface area contributed by atoms with Crippen LogP contribution in [0.4, 0.5) is 4.79 Å². The summed E-state index contributed by atoms with van der Waals surface area (Å²) in [5.41, 5.74) is -0.163. The van der Waals surface area contributed by atoms with Crippen LogP contribution in [0.2, 0.25) is 0 Å². The summed E-state index contributed by atoms with van der Waals surface area (Å²) >= 11 is 0. The van der Waals surface area contributed by atoms with Crippen LogP contribution < -0.4 is 0 Å². The fourth-order valence-corrected chi connectivity index (χ4v) is 3.84. The number of carbonyl (C=O) groups is 1. The number of hydrogen-bond donors (Lipinski definition) is 0. The van der Waals surface area contributed by atoms with Gasteiger partial charge in [-0.1, -0.05) is 0 Å². The summed E-state index contributed by atoms with van der Waals surface area (Å²) in [5.74, 6) is 0. The molecule has 126 valence electrons. The Morgan fingerprint density at radius 2 is 2.09 bits per heavy atom. The van der Waals surface area contributed by atoms with E-state index >= 15 is 0 Å². The van der Waals surface area contributed by atoms with Crippen molar-refractivity contribution in [1.82, 2.24) is 14.7 Å². The van der Waals surface area contributed by atoms with E-state index in [4.69, 9.17) is 9.47 Å². The fraction of sp³-hybridized carbons (Fsp3) is 0.938. The summed E-state index contributed by atoms with van der Waals surface area (Å²) in [7, 11) is 3.60.